The number of β-lactam (4-membered cyclic amide) rings is 1. The normalized spacial score (nSPS) is 23.2. The van der Waals surface area contributed by atoms with Crippen LogP contribution in [-0.4, -0.2) is 52.2 Å². The average Bonchev–Trinajstić information content (AvgIpc) is 3.14. The van der Waals surface area contributed by atoms with E-state index in [0.29, 0.717) is 18.5 Å². The minimum absolute atomic E-state index is 0.000407. The van der Waals surface area contributed by atoms with Crippen LogP contribution in [0.2, 0.25) is 0 Å². The SMILES string of the molecule is CNC(=O)NCc1ccc(C2=C(C(=O)O)N3C(=O)[C@H]([C@@H](C)O)[C@H]3C2)s1. The summed E-state index contributed by atoms with van der Waals surface area (Å²) < 4.78 is 0. The van der Waals surface area contributed by atoms with Crippen LogP contribution in [0.25, 0.3) is 5.57 Å². The molecule has 1 aromatic rings. The summed E-state index contributed by atoms with van der Waals surface area (Å²) in [7, 11) is 1.53. The summed E-state index contributed by atoms with van der Waals surface area (Å²) in [6.07, 6.45) is -0.398. The summed E-state index contributed by atoms with van der Waals surface area (Å²) in [5.74, 6) is -2.04. The van der Waals surface area contributed by atoms with Crippen LogP contribution in [0.1, 0.15) is 23.1 Å². The highest BCUT2D eigenvalue weighted by Gasteiger charge is 2.56. The van der Waals surface area contributed by atoms with E-state index in [2.05, 4.69) is 10.6 Å². The Morgan fingerprint density at radius 1 is 1.44 bits per heavy atom. The van der Waals surface area contributed by atoms with Crippen molar-refractivity contribution in [3.8, 4) is 0 Å². The maximum Gasteiger partial charge on any atom is 0.352 e. The van der Waals surface area contributed by atoms with Gasteiger partial charge in [0.05, 0.1) is 24.6 Å². The number of nitrogens with one attached hydrogen (secondary N) is 2. The fraction of sp³-hybridized carbons (Fsp3) is 0.438. The number of urea groups is 1. The Labute approximate surface area is 148 Å². The van der Waals surface area contributed by atoms with E-state index in [0.717, 1.165) is 9.75 Å². The van der Waals surface area contributed by atoms with E-state index in [-0.39, 0.29) is 23.7 Å². The zero-order valence-electron chi connectivity index (χ0n) is 13.8. The number of thiophene rings is 1. The number of hydrogen-bond donors (Lipinski definition) is 4. The molecule has 0 bridgehead atoms. The third kappa shape index (κ3) is 2.89. The molecule has 3 heterocycles. The highest BCUT2D eigenvalue weighted by Crippen LogP contribution is 2.48. The van der Waals surface area contributed by atoms with Gasteiger partial charge in [-0.2, -0.15) is 0 Å². The molecule has 0 spiro atoms. The highest BCUT2D eigenvalue weighted by atomic mass is 32.1. The molecule has 2 aliphatic rings. The number of carbonyl (C=O) groups is 3. The standard InChI is InChI=1S/C16H19N3O5S/c1-7(20)12-10-5-9(13(15(22)23)19(10)14(12)21)11-4-3-8(25-11)6-18-16(24)17-2/h3-4,7,10,12,20H,5-6H2,1-2H3,(H,22,23)(H2,17,18,24)/t7-,10-,12-/m1/s1. The van der Waals surface area contributed by atoms with Crippen LogP contribution in [0.3, 0.4) is 0 Å². The lowest BCUT2D eigenvalue weighted by Gasteiger charge is -2.44. The Bertz CT molecular complexity index is 770. The van der Waals surface area contributed by atoms with Crippen LogP contribution in [-0.2, 0) is 16.1 Å². The van der Waals surface area contributed by atoms with Gasteiger partial charge in [0.25, 0.3) is 0 Å². The molecule has 25 heavy (non-hydrogen) atoms. The predicted octanol–water partition coefficient (Wildman–Crippen LogP) is 0.584. The van der Waals surface area contributed by atoms with Crippen LogP contribution in [0.5, 0.6) is 0 Å². The summed E-state index contributed by atoms with van der Waals surface area (Å²) in [5.41, 5.74) is 0.602. The second-order valence-electron chi connectivity index (χ2n) is 6.08. The molecule has 0 aliphatic carbocycles. The van der Waals surface area contributed by atoms with Crippen molar-refractivity contribution in [2.75, 3.05) is 7.05 Å². The molecule has 134 valence electrons. The molecule has 2 aliphatic heterocycles. The van der Waals surface area contributed by atoms with Crippen molar-refractivity contribution in [1.29, 1.82) is 0 Å². The molecule has 1 fully saturated rings. The number of carboxylic acid groups (broad SMARTS) is 1. The maximum absolute atomic E-state index is 12.2. The Balaban J connectivity index is 1.84. The third-order valence-corrected chi connectivity index (χ3v) is 5.69. The molecule has 3 amide bonds. The van der Waals surface area contributed by atoms with Gasteiger partial charge in [-0.15, -0.1) is 11.3 Å². The first kappa shape index (κ1) is 17.4. The quantitative estimate of drug-likeness (QED) is 0.569. The molecule has 4 N–H and O–H groups in total. The van der Waals surface area contributed by atoms with Gasteiger partial charge >= 0.3 is 12.0 Å². The van der Waals surface area contributed by atoms with Crippen molar-refractivity contribution in [3.05, 3.63) is 27.6 Å². The molecule has 8 nitrogen and oxygen atoms in total. The first-order valence-corrected chi connectivity index (χ1v) is 8.69. The summed E-state index contributed by atoms with van der Waals surface area (Å²) in [6, 6.07) is 3.03. The number of aliphatic carboxylic acids is 1. The number of amides is 3. The van der Waals surface area contributed by atoms with E-state index < -0.39 is 18.0 Å². The first-order chi connectivity index (χ1) is 11.8. The van der Waals surface area contributed by atoms with Crippen LogP contribution in [0.4, 0.5) is 4.79 Å². The number of aliphatic hydroxyl groups excluding tert-OH is 1. The zero-order valence-corrected chi connectivity index (χ0v) is 14.6. The minimum atomic E-state index is -1.15. The van der Waals surface area contributed by atoms with Crippen molar-refractivity contribution < 1.29 is 24.6 Å². The largest absolute Gasteiger partial charge is 0.477 e. The summed E-state index contributed by atoms with van der Waals surface area (Å²) in [4.78, 5) is 38.1. The van der Waals surface area contributed by atoms with Gasteiger partial charge in [-0.3, -0.25) is 4.79 Å². The third-order valence-electron chi connectivity index (χ3n) is 4.54. The molecular weight excluding hydrogens is 346 g/mol. The van der Waals surface area contributed by atoms with Gasteiger partial charge in [-0.25, -0.2) is 9.59 Å². The fourth-order valence-electron chi connectivity index (χ4n) is 3.38. The second-order valence-corrected chi connectivity index (χ2v) is 7.25. The van der Waals surface area contributed by atoms with E-state index >= 15 is 0 Å². The molecule has 1 aromatic heterocycles. The van der Waals surface area contributed by atoms with E-state index in [1.54, 1.807) is 13.0 Å². The molecule has 3 rings (SSSR count). The smallest absolute Gasteiger partial charge is 0.352 e. The van der Waals surface area contributed by atoms with Gasteiger partial charge in [0.2, 0.25) is 5.91 Å². The molecule has 9 heteroatoms. The average molecular weight is 365 g/mol. The maximum atomic E-state index is 12.2. The number of carboxylic acids is 1. The zero-order chi connectivity index (χ0) is 18.3. The van der Waals surface area contributed by atoms with Crippen LogP contribution in [0, 0.1) is 5.92 Å². The lowest BCUT2D eigenvalue weighted by Crippen LogP contribution is -2.61. The monoisotopic (exact) mass is 365 g/mol. The van der Waals surface area contributed by atoms with Gasteiger partial charge in [0, 0.05) is 22.4 Å². The van der Waals surface area contributed by atoms with Crippen molar-refractivity contribution >= 4 is 34.8 Å². The second kappa shape index (κ2) is 6.49. The lowest BCUT2D eigenvalue weighted by molar-refractivity contribution is -0.161. The Kier molecular flexibility index (Phi) is 4.53. The number of aliphatic hydroxyl groups is 1. The minimum Gasteiger partial charge on any atom is -0.477 e. The van der Waals surface area contributed by atoms with Crippen LogP contribution < -0.4 is 10.6 Å². The molecular formula is C16H19N3O5S. The van der Waals surface area contributed by atoms with Crippen molar-refractivity contribution in [1.82, 2.24) is 15.5 Å². The van der Waals surface area contributed by atoms with E-state index in [1.165, 1.54) is 23.3 Å². The molecule has 0 radical (unpaired) electrons. The Morgan fingerprint density at radius 2 is 2.16 bits per heavy atom. The van der Waals surface area contributed by atoms with Crippen molar-refractivity contribution in [2.45, 2.75) is 32.0 Å². The van der Waals surface area contributed by atoms with Crippen molar-refractivity contribution in [2.24, 2.45) is 5.92 Å². The van der Waals surface area contributed by atoms with Gasteiger partial charge < -0.3 is 25.7 Å². The predicted molar refractivity (Wildman–Crippen MR) is 90.6 cm³/mol. The molecule has 3 atom stereocenters. The van der Waals surface area contributed by atoms with Gasteiger partial charge in [-0.1, -0.05) is 0 Å². The molecule has 0 aromatic carbocycles. The van der Waals surface area contributed by atoms with Crippen LogP contribution in [0.15, 0.2) is 17.8 Å². The molecule has 0 unspecified atom stereocenters. The number of hydrogen-bond acceptors (Lipinski definition) is 5. The van der Waals surface area contributed by atoms with Gasteiger partial charge in [-0.05, 0) is 25.5 Å². The lowest BCUT2D eigenvalue weighted by atomic mass is 9.83. The van der Waals surface area contributed by atoms with E-state index in [9.17, 15) is 24.6 Å². The van der Waals surface area contributed by atoms with Gasteiger partial charge in [0.1, 0.15) is 5.70 Å². The number of nitrogens with zero attached hydrogens (tertiary/aromatic N) is 1. The molecule has 1 saturated heterocycles. The Hall–Kier alpha value is -2.39. The van der Waals surface area contributed by atoms with Crippen LogP contribution >= 0.6 is 11.3 Å². The topological polar surface area (TPSA) is 119 Å². The number of fused-ring (bicyclic) bond motifs is 1. The number of carbonyl (C=O) groups excluding carboxylic acids is 2. The Morgan fingerprint density at radius 3 is 2.76 bits per heavy atom. The highest BCUT2D eigenvalue weighted by molar-refractivity contribution is 7.13. The van der Waals surface area contributed by atoms with E-state index in [4.69, 9.17) is 0 Å². The van der Waals surface area contributed by atoms with Crippen molar-refractivity contribution in [3.63, 3.8) is 0 Å². The summed E-state index contributed by atoms with van der Waals surface area (Å²) in [5, 5.41) is 24.4. The summed E-state index contributed by atoms with van der Waals surface area (Å²) in [6.45, 7) is 1.88. The number of rotatable bonds is 5. The first-order valence-electron chi connectivity index (χ1n) is 7.87. The van der Waals surface area contributed by atoms with Gasteiger partial charge in [0.15, 0.2) is 0 Å². The summed E-state index contributed by atoms with van der Waals surface area (Å²) >= 11 is 1.38. The molecule has 0 saturated carbocycles. The van der Waals surface area contributed by atoms with E-state index in [1.807, 2.05) is 6.07 Å². The fourth-order valence-corrected chi connectivity index (χ4v) is 4.38.